The third-order valence-electron chi connectivity index (χ3n) is 8.70. The predicted octanol–water partition coefficient (Wildman–Crippen LogP) is 4.68. The Balaban J connectivity index is 1.68. The van der Waals surface area contributed by atoms with Gasteiger partial charge in [-0.05, 0) is 86.2 Å². The summed E-state index contributed by atoms with van der Waals surface area (Å²) in [6.07, 6.45) is 13.1. The summed E-state index contributed by atoms with van der Waals surface area (Å²) in [5.41, 5.74) is 2.65. The van der Waals surface area contributed by atoms with Crippen LogP contribution in [0.1, 0.15) is 85.0 Å². The molecule has 3 rings (SSSR count). The molecule has 0 aromatic heterocycles. The van der Waals surface area contributed by atoms with Crippen LogP contribution in [-0.2, 0) is 0 Å². The second-order valence-corrected chi connectivity index (χ2v) is 11.2. The van der Waals surface area contributed by atoms with E-state index in [1.807, 2.05) is 0 Å². The molecule has 0 saturated heterocycles. The number of aliphatic hydroxyl groups is 4. The third kappa shape index (κ3) is 5.52. The summed E-state index contributed by atoms with van der Waals surface area (Å²) < 4.78 is 0. The highest BCUT2D eigenvalue weighted by molar-refractivity contribution is 5.38. The van der Waals surface area contributed by atoms with Crippen LogP contribution in [0, 0.1) is 23.2 Å². The molecule has 0 unspecified atom stereocenters. The lowest BCUT2D eigenvalue weighted by Gasteiger charge is -2.44. The fraction of sp³-hybridized carbons (Fsp3) is 0.778. The number of rotatable bonds is 7. The van der Waals surface area contributed by atoms with E-state index in [0.717, 1.165) is 30.4 Å². The minimum atomic E-state index is -0.958. The molecular formula is C27H44O4. The number of hydrogen-bond acceptors (Lipinski definition) is 4. The molecule has 0 radical (unpaired) electrons. The molecule has 0 aliphatic heterocycles. The van der Waals surface area contributed by atoms with Crippen molar-refractivity contribution in [1.29, 1.82) is 0 Å². The van der Waals surface area contributed by atoms with Crippen LogP contribution in [0.15, 0.2) is 35.5 Å². The standard InChI is InChI=1S/C27H44O4/c1-18(7-5-13-26(3,31)17-28)23-11-12-24-20(8-6-14-27(23,24)4)9-10-21-15-22(29)16-25(30)19(21)2/h9-10,18,22-25,28-31H,2,5-8,11-17H2,1,3-4H3/t18-,22+,23-,24+,25-,26-,27-/m1/s1. The zero-order valence-electron chi connectivity index (χ0n) is 19.8. The van der Waals surface area contributed by atoms with Gasteiger partial charge in [-0.25, -0.2) is 0 Å². The Bertz CT molecular complexity index is 706. The highest BCUT2D eigenvalue weighted by atomic mass is 16.3. The molecule has 0 aromatic carbocycles. The topological polar surface area (TPSA) is 80.9 Å². The van der Waals surface area contributed by atoms with Gasteiger partial charge in [-0.2, -0.15) is 0 Å². The molecule has 176 valence electrons. The van der Waals surface area contributed by atoms with Crippen molar-refractivity contribution < 1.29 is 20.4 Å². The van der Waals surface area contributed by atoms with E-state index in [-0.39, 0.29) is 6.61 Å². The van der Waals surface area contributed by atoms with Gasteiger partial charge in [0.15, 0.2) is 0 Å². The van der Waals surface area contributed by atoms with Gasteiger partial charge in [0.05, 0.1) is 24.4 Å². The van der Waals surface area contributed by atoms with Crippen LogP contribution in [0.2, 0.25) is 0 Å². The summed E-state index contributed by atoms with van der Waals surface area (Å²) in [5.74, 6) is 1.92. The van der Waals surface area contributed by atoms with Gasteiger partial charge in [-0.1, -0.05) is 51.0 Å². The Morgan fingerprint density at radius 1 is 1.26 bits per heavy atom. The number of fused-ring (bicyclic) bond motifs is 1. The molecule has 3 aliphatic carbocycles. The Hall–Kier alpha value is -0.940. The smallest absolute Gasteiger partial charge is 0.0849 e. The van der Waals surface area contributed by atoms with E-state index in [1.54, 1.807) is 6.92 Å². The van der Waals surface area contributed by atoms with Gasteiger partial charge in [-0.15, -0.1) is 0 Å². The highest BCUT2D eigenvalue weighted by Crippen LogP contribution is 2.60. The van der Waals surface area contributed by atoms with Gasteiger partial charge >= 0.3 is 0 Å². The lowest BCUT2D eigenvalue weighted by molar-refractivity contribution is -0.00891. The number of aliphatic hydroxyl groups excluding tert-OH is 3. The van der Waals surface area contributed by atoms with Crippen LogP contribution < -0.4 is 0 Å². The van der Waals surface area contributed by atoms with E-state index in [1.165, 1.54) is 31.3 Å². The second-order valence-electron chi connectivity index (χ2n) is 11.2. The first-order valence-corrected chi connectivity index (χ1v) is 12.4. The van der Waals surface area contributed by atoms with Crippen molar-refractivity contribution in [2.45, 2.75) is 103 Å². The van der Waals surface area contributed by atoms with Crippen LogP contribution in [0.25, 0.3) is 0 Å². The second kappa shape index (κ2) is 9.91. The first kappa shape index (κ1) is 24.7. The molecule has 3 fully saturated rings. The lowest BCUT2D eigenvalue weighted by atomic mass is 9.60. The zero-order chi connectivity index (χ0) is 22.8. The molecule has 31 heavy (non-hydrogen) atoms. The SMILES string of the molecule is C=C1C(=CC=C2CCC[C@]3(C)[C@@H]([C@H](C)CCC[C@@](C)(O)CO)CC[C@@H]23)C[C@H](O)C[C@H]1O. The van der Waals surface area contributed by atoms with Gasteiger partial charge in [0.2, 0.25) is 0 Å². The van der Waals surface area contributed by atoms with Crippen molar-refractivity contribution in [3.05, 3.63) is 35.5 Å². The molecule has 0 amide bonds. The van der Waals surface area contributed by atoms with Gasteiger partial charge in [0.1, 0.15) is 0 Å². The molecular weight excluding hydrogens is 388 g/mol. The normalized spacial score (nSPS) is 39.5. The summed E-state index contributed by atoms with van der Waals surface area (Å²) in [6.45, 7) is 10.5. The summed E-state index contributed by atoms with van der Waals surface area (Å²) in [5, 5.41) is 39.5. The van der Waals surface area contributed by atoms with Gasteiger partial charge in [-0.3, -0.25) is 0 Å². The Morgan fingerprint density at radius 3 is 2.71 bits per heavy atom. The lowest BCUT2D eigenvalue weighted by Crippen LogP contribution is -2.36. The highest BCUT2D eigenvalue weighted by Gasteiger charge is 2.50. The molecule has 0 bridgehead atoms. The van der Waals surface area contributed by atoms with Crippen molar-refractivity contribution in [3.8, 4) is 0 Å². The maximum atomic E-state index is 10.1. The summed E-state index contributed by atoms with van der Waals surface area (Å²) in [7, 11) is 0. The first-order chi connectivity index (χ1) is 14.6. The number of hydrogen-bond donors (Lipinski definition) is 4. The molecule has 3 saturated carbocycles. The largest absolute Gasteiger partial charge is 0.393 e. The molecule has 7 atom stereocenters. The van der Waals surface area contributed by atoms with Crippen molar-refractivity contribution in [2.75, 3.05) is 6.61 Å². The van der Waals surface area contributed by atoms with Crippen LogP contribution in [0.3, 0.4) is 0 Å². The Labute approximate surface area is 188 Å². The average Bonchev–Trinajstić information content (AvgIpc) is 3.07. The van der Waals surface area contributed by atoms with Crippen LogP contribution in [0.5, 0.6) is 0 Å². The maximum Gasteiger partial charge on any atom is 0.0849 e. The van der Waals surface area contributed by atoms with Gasteiger partial charge in [0, 0.05) is 6.42 Å². The quantitative estimate of drug-likeness (QED) is 0.471. The van der Waals surface area contributed by atoms with Crippen LogP contribution >= 0.6 is 0 Å². The van der Waals surface area contributed by atoms with E-state index < -0.39 is 17.8 Å². The fourth-order valence-electron chi connectivity index (χ4n) is 6.76. The van der Waals surface area contributed by atoms with E-state index in [9.17, 15) is 20.4 Å². The van der Waals surface area contributed by atoms with E-state index >= 15 is 0 Å². The van der Waals surface area contributed by atoms with Crippen molar-refractivity contribution in [1.82, 2.24) is 0 Å². The zero-order valence-corrected chi connectivity index (χ0v) is 19.8. The van der Waals surface area contributed by atoms with Gasteiger partial charge in [0.25, 0.3) is 0 Å². The van der Waals surface area contributed by atoms with Crippen molar-refractivity contribution >= 4 is 0 Å². The molecule has 0 aromatic rings. The Morgan fingerprint density at radius 2 is 2.00 bits per heavy atom. The first-order valence-electron chi connectivity index (χ1n) is 12.4. The monoisotopic (exact) mass is 432 g/mol. The van der Waals surface area contributed by atoms with E-state index in [2.05, 4.69) is 32.6 Å². The van der Waals surface area contributed by atoms with Crippen LogP contribution in [-0.4, -0.2) is 44.8 Å². The number of allylic oxidation sites excluding steroid dienone is 3. The minimum Gasteiger partial charge on any atom is -0.393 e. The van der Waals surface area contributed by atoms with E-state index in [4.69, 9.17) is 0 Å². The third-order valence-corrected chi connectivity index (χ3v) is 8.70. The molecule has 3 aliphatic rings. The molecule has 4 heteroatoms. The van der Waals surface area contributed by atoms with Gasteiger partial charge < -0.3 is 20.4 Å². The molecule has 0 spiro atoms. The van der Waals surface area contributed by atoms with Crippen molar-refractivity contribution in [3.63, 3.8) is 0 Å². The maximum absolute atomic E-state index is 10.1. The molecule has 4 N–H and O–H groups in total. The minimum absolute atomic E-state index is 0.172. The molecule has 0 heterocycles. The Kier molecular flexibility index (Phi) is 7.89. The summed E-state index contributed by atoms with van der Waals surface area (Å²) in [6, 6.07) is 0. The predicted molar refractivity (Wildman–Crippen MR) is 125 cm³/mol. The fourth-order valence-corrected chi connectivity index (χ4v) is 6.76. The van der Waals surface area contributed by atoms with Crippen molar-refractivity contribution in [2.24, 2.45) is 23.2 Å². The summed E-state index contributed by atoms with van der Waals surface area (Å²) in [4.78, 5) is 0. The average molecular weight is 433 g/mol. The summed E-state index contributed by atoms with van der Waals surface area (Å²) >= 11 is 0. The van der Waals surface area contributed by atoms with E-state index in [0.29, 0.717) is 42.4 Å². The van der Waals surface area contributed by atoms with Crippen LogP contribution in [0.4, 0.5) is 0 Å². The molecule has 4 nitrogen and oxygen atoms in total.